The third-order valence-electron chi connectivity index (χ3n) is 10.7. The molecule has 6 aromatic heterocycles. The van der Waals surface area contributed by atoms with Gasteiger partial charge in [0.05, 0.1) is 11.1 Å². The molecule has 0 aliphatic carbocycles. The van der Waals surface area contributed by atoms with E-state index in [0.29, 0.717) is 0 Å². The molecule has 0 bridgehead atoms. The fraction of sp³-hybridized carbons (Fsp3) is 0. The molecule has 0 fully saturated rings. The first kappa shape index (κ1) is 26.7. The molecule has 0 aliphatic rings. The third kappa shape index (κ3) is 3.38. The number of hydrogen-bond donors (Lipinski definition) is 0. The lowest BCUT2D eigenvalue weighted by Gasteiger charge is -2.01. The highest BCUT2D eigenvalue weighted by Crippen LogP contribution is 2.49. The fourth-order valence-corrected chi connectivity index (χ4v) is 8.40. The van der Waals surface area contributed by atoms with Crippen LogP contribution in [0.25, 0.3) is 132 Å². The second-order valence-electron chi connectivity index (χ2n) is 13.5. The first-order valence-corrected chi connectivity index (χ1v) is 17.2. The molecule has 0 saturated carbocycles. The van der Waals surface area contributed by atoms with E-state index in [0.717, 1.165) is 132 Å². The van der Waals surface area contributed by atoms with Crippen LogP contribution in [-0.4, -0.2) is 0 Å². The second-order valence-corrected chi connectivity index (χ2v) is 13.5. The van der Waals surface area contributed by atoms with E-state index in [4.69, 9.17) is 26.5 Å². The van der Waals surface area contributed by atoms with E-state index >= 15 is 0 Å². The first-order chi connectivity index (χ1) is 25.7. The SMILES string of the molecule is c1ccc2oc(-c3cc4oc5cc6c(cc5c4c4c3oc3ccccc34)oc3cc(-c4cc5ccccc5o4)c4oc5ccccc5c4c36)cc2c1. The number of hydrogen-bond acceptors (Lipinski definition) is 6. The Morgan fingerprint density at radius 1 is 0.269 bits per heavy atom. The van der Waals surface area contributed by atoms with Crippen LogP contribution in [0.2, 0.25) is 0 Å². The van der Waals surface area contributed by atoms with Crippen molar-refractivity contribution in [2.45, 2.75) is 0 Å². The highest BCUT2D eigenvalue weighted by atomic mass is 16.4. The molecule has 6 heteroatoms. The van der Waals surface area contributed by atoms with E-state index in [1.807, 2.05) is 84.9 Å². The molecular weight excluding hydrogens is 648 g/mol. The maximum Gasteiger partial charge on any atom is 0.147 e. The summed E-state index contributed by atoms with van der Waals surface area (Å²) < 4.78 is 39.5. The van der Waals surface area contributed by atoms with Gasteiger partial charge in [-0.25, -0.2) is 0 Å². The van der Waals surface area contributed by atoms with Gasteiger partial charge in [-0.1, -0.05) is 72.8 Å². The third-order valence-corrected chi connectivity index (χ3v) is 10.7. The number of fused-ring (bicyclic) bond motifs is 16. The minimum atomic E-state index is 0.724. The number of rotatable bonds is 2. The average molecular weight is 671 g/mol. The topological polar surface area (TPSA) is 78.8 Å². The molecule has 0 unspecified atom stereocenters. The summed E-state index contributed by atoms with van der Waals surface area (Å²) in [5.41, 5.74) is 9.41. The highest BCUT2D eigenvalue weighted by Gasteiger charge is 2.26. The van der Waals surface area contributed by atoms with Crippen molar-refractivity contribution in [3.8, 4) is 22.6 Å². The Bertz CT molecular complexity index is 3340. The summed E-state index contributed by atoms with van der Waals surface area (Å²) in [4.78, 5) is 0. The predicted octanol–water partition coefficient (Wildman–Crippen LogP) is 14.1. The maximum atomic E-state index is 6.79. The summed E-state index contributed by atoms with van der Waals surface area (Å²) in [5, 5.41) is 9.87. The van der Waals surface area contributed by atoms with Crippen molar-refractivity contribution in [2.75, 3.05) is 0 Å². The van der Waals surface area contributed by atoms with Crippen molar-refractivity contribution < 1.29 is 26.5 Å². The van der Waals surface area contributed by atoms with Crippen LogP contribution in [0.15, 0.2) is 160 Å². The van der Waals surface area contributed by atoms with Gasteiger partial charge in [-0.05, 0) is 60.7 Å². The van der Waals surface area contributed by atoms with Gasteiger partial charge >= 0.3 is 0 Å². The zero-order valence-electron chi connectivity index (χ0n) is 27.2. The minimum absolute atomic E-state index is 0.724. The summed E-state index contributed by atoms with van der Waals surface area (Å²) in [6, 6.07) is 44.7. The van der Waals surface area contributed by atoms with Crippen molar-refractivity contribution in [3.05, 3.63) is 133 Å². The molecule has 0 atom stereocenters. The van der Waals surface area contributed by atoms with Crippen molar-refractivity contribution in [3.63, 3.8) is 0 Å². The molecule has 13 rings (SSSR count). The molecule has 0 saturated heterocycles. The molecule has 13 aromatic rings. The summed E-state index contributed by atoms with van der Waals surface area (Å²) >= 11 is 0. The molecule has 6 heterocycles. The van der Waals surface area contributed by atoms with E-state index in [1.54, 1.807) is 0 Å². The van der Waals surface area contributed by atoms with Crippen LogP contribution in [-0.2, 0) is 0 Å². The van der Waals surface area contributed by atoms with Crippen LogP contribution in [0.5, 0.6) is 0 Å². The first-order valence-electron chi connectivity index (χ1n) is 17.2. The van der Waals surface area contributed by atoms with Crippen LogP contribution in [0.4, 0.5) is 0 Å². The molecular formula is C46H22O6. The van der Waals surface area contributed by atoms with Crippen molar-refractivity contribution in [2.24, 2.45) is 0 Å². The van der Waals surface area contributed by atoms with Gasteiger partial charge in [-0.15, -0.1) is 0 Å². The monoisotopic (exact) mass is 670 g/mol. The normalized spacial score (nSPS) is 12.6. The Morgan fingerprint density at radius 2 is 0.692 bits per heavy atom. The van der Waals surface area contributed by atoms with E-state index in [-0.39, 0.29) is 0 Å². The number of furan rings is 6. The van der Waals surface area contributed by atoms with E-state index in [9.17, 15) is 0 Å². The van der Waals surface area contributed by atoms with Gasteiger partial charge in [0.1, 0.15) is 67.4 Å². The van der Waals surface area contributed by atoms with Gasteiger partial charge in [0, 0.05) is 53.9 Å². The van der Waals surface area contributed by atoms with E-state index < -0.39 is 0 Å². The zero-order chi connectivity index (χ0) is 33.7. The van der Waals surface area contributed by atoms with E-state index in [2.05, 4.69) is 48.5 Å². The maximum absolute atomic E-state index is 6.79. The molecule has 7 aromatic carbocycles. The lowest BCUT2D eigenvalue weighted by molar-refractivity contribution is 0.624. The van der Waals surface area contributed by atoms with Gasteiger partial charge in [0.2, 0.25) is 0 Å². The van der Waals surface area contributed by atoms with Gasteiger partial charge < -0.3 is 26.5 Å². The highest BCUT2D eigenvalue weighted by molar-refractivity contribution is 6.32. The Balaban J connectivity index is 1.14. The quantitative estimate of drug-likeness (QED) is 0.182. The number of para-hydroxylation sites is 4. The Hall–Kier alpha value is -7.18. The van der Waals surface area contributed by atoms with E-state index in [1.165, 1.54) is 0 Å². The van der Waals surface area contributed by atoms with Gasteiger partial charge in [-0.2, -0.15) is 0 Å². The van der Waals surface area contributed by atoms with Gasteiger partial charge in [0.15, 0.2) is 0 Å². The minimum Gasteiger partial charge on any atom is -0.456 e. The number of benzene rings is 7. The lowest BCUT2D eigenvalue weighted by atomic mass is 9.99. The summed E-state index contributed by atoms with van der Waals surface area (Å²) in [7, 11) is 0. The molecule has 242 valence electrons. The van der Waals surface area contributed by atoms with Crippen molar-refractivity contribution in [1.29, 1.82) is 0 Å². The van der Waals surface area contributed by atoms with Crippen LogP contribution < -0.4 is 0 Å². The molecule has 6 nitrogen and oxygen atoms in total. The van der Waals surface area contributed by atoms with Crippen LogP contribution in [0.1, 0.15) is 0 Å². The smallest absolute Gasteiger partial charge is 0.147 e. The summed E-state index contributed by atoms with van der Waals surface area (Å²) in [6.45, 7) is 0. The van der Waals surface area contributed by atoms with Crippen LogP contribution in [0.3, 0.4) is 0 Å². The zero-order valence-corrected chi connectivity index (χ0v) is 27.2. The van der Waals surface area contributed by atoms with Gasteiger partial charge in [-0.3, -0.25) is 0 Å². The lowest BCUT2D eigenvalue weighted by Crippen LogP contribution is -1.78. The Labute approximate surface area is 291 Å². The molecule has 52 heavy (non-hydrogen) atoms. The Morgan fingerprint density at radius 3 is 1.15 bits per heavy atom. The van der Waals surface area contributed by atoms with Crippen molar-refractivity contribution >= 4 is 110 Å². The summed E-state index contributed by atoms with van der Waals surface area (Å²) in [5.74, 6) is 1.45. The Kier molecular flexibility index (Phi) is 4.78. The van der Waals surface area contributed by atoms with Crippen LogP contribution in [0, 0.1) is 0 Å². The molecule has 0 spiro atoms. The van der Waals surface area contributed by atoms with Crippen molar-refractivity contribution in [1.82, 2.24) is 0 Å². The molecule has 0 aliphatic heterocycles. The average Bonchev–Trinajstić information content (AvgIpc) is 4.02. The van der Waals surface area contributed by atoms with Crippen LogP contribution >= 0.6 is 0 Å². The second kappa shape index (κ2) is 9.33. The largest absolute Gasteiger partial charge is 0.456 e. The standard InChI is InChI=1S/C46H22O6/c1-5-13-31-23(9-1)17-35(47-31)29-21-39-41(43-25-11-3-7-15-33(25)51-45(29)43)27-19-38-28(20-37(27)49-39)42-40(50-38)22-30(36-18-24-10-2-6-14-32(24)48-36)46-44(42)26-12-4-8-16-34(26)52-46/h1-22H. The predicted molar refractivity (Wildman–Crippen MR) is 206 cm³/mol. The van der Waals surface area contributed by atoms with Gasteiger partial charge in [0.25, 0.3) is 0 Å². The summed E-state index contributed by atoms with van der Waals surface area (Å²) in [6.07, 6.45) is 0. The molecule has 0 amide bonds. The molecule has 0 radical (unpaired) electrons. The fourth-order valence-electron chi connectivity index (χ4n) is 8.40. The molecule has 0 N–H and O–H groups in total.